The van der Waals surface area contributed by atoms with Gasteiger partial charge in [-0.25, -0.2) is 9.78 Å². The van der Waals surface area contributed by atoms with Gasteiger partial charge < -0.3 is 19.4 Å². The number of carbonyl (C=O) groups is 3. The molecule has 1 saturated heterocycles. The first kappa shape index (κ1) is 21.5. The lowest BCUT2D eigenvalue weighted by Gasteiger charge is -2.31. The molecule has 8 nitrogen and oxygen atoms in total. The normalized spacial score (nSPS) is 16.2. The SMILES string of the molecule is CCOC(=O)C1CCCN(C(=O)COC(=O)c2ccc(-c3nc(C)c(C)[nH]3)cc2)C1. The van der Waals surface area contributed by atoms with Gasteiger partial charge in [-0.1, -0.05) is 12.1 Å². The standard InChI is InChI=1S/C22H27N3O5/c1-4-29-22(28)18-6-5-11-25(12-18)19(26)13-30-21(27)17-9-7-16(8-10-17)20-23-14(2)15(3)24-20/h7-10,18H,4-6,11-13H2,1-3H3,(H,23,24). The number of benzene rings is 1. The van der Waals surface area contributed by atoms with Crippen molar-refractivity contribution in [3.8, 4) is 11.4 Å². The topological polar surface area (TPSA) is 102 Å². The van der Waals surface area contributed by atoms with Crippen LogP contribution < -0.4 is 0 Å². The van der Waals surface area contributed by atoms with Crippen molar-refractivity contribution in [2.45, 2.75) is 33.6 Å². The number of likely N-dealkylation sites (tertiary alicyclic amines) is 1. The van der Waals surface area contributed by atoms with Crippen LogP contribution in [-0.2, 0) is 19.1 Å². The van der Waals surface area contributed by atoms with Crippen molar-refractivity contribution in [2.24, 2.45) is 5.92 Å². The smallest absolute Gasteiger partial charge is 0.338 e. The third-order valence-corrected chi connectivity index (χ3v) is 5.24. The Labute approximate surface area is 175 Å². The van der Waals surface area contributed by atoms with E-state index >= 15 is 0 Å². The Morgan fingerprint density at radius 1 is 1.17 bits per heavy atom. The summed E-state index contributed by atoms with van der Waals surface area (Å²) in [5.41, 5.74) is 3.14. The summed E-state index contributed by atoms with van der Waals surface area (Å²) >= 11 is 0. The van der Waals surface area contributed by atoms with Gasteiger partial charge in [-0.15, -0.1) is 0 Å². The maximum Gasteiger partial charge on any atom is 0.338 e. The van der Waals surface area contributed by atoms with E-state index in [0.29, 0.717) is 31.7 Å². The lowest BCUT2D eigenvalue weighted by Crippen LogP contribution is -2.44. The van der Waals surface area contributed by atoms with Gasteiger partial charge >= 0.3 is 11.9 Å². The number of amides is 1. The number of imidazole rings is 1. The Morgan fingerprint density at radius 2 is 1.90 bits per heavy atom. The van der Waals surface area contributed by atoms with Gasteiger partial charge in [-0.2, -0.15) is 0 Å². The zero-order valence-electron chi connectivity index (χ0n) is 17.6. The molecule has 30 heavy (non-hydrogen) atoms. The van der Waals surface area contributed by atoms with Crippen molar-refractivity contribution < 1.29 is 23.9 Å². The first-order valence-electron chi connectivity index (χ1n) is 10.1. The summed E-state index contributed by atoms with van der Waals surface area (Å²) in [4.78, 5) is 45.8. The van der Waals surface area contributed by atoms with E-state index in [4.69, 9.17) is 9.47 Å². The second-order valence-electron chi connectivity index (χ2n) is 7.38. The Balaban J connectivity index is 1.53. The molecule has 1 amide bonds. The fraction of sp³-hybridized carbons (Fsp3) is 0.455. The molecule has 0 spiro atoms. The summed E-state index contributed by atoms with van der Waals surface area (Å²) in [6, 6.07) is 6.86. The lowest BCUT2D eigenvalue weighted by molar-refractivity contribution is -0.151. The van der Waals surface area contributed by atoms with Crippen LogP contribution in [0.25, 0.3) is 11.4 Å². The Morgan fingerprint density at radius 3 is 2.53 bits per heavy atom. The zero-order valence-corrected chi connectivity index (χ0v) is 17.6. The van der Waals surface area contributed by atoms with Gasteiger partial charge in [0, 0.05) is 24.3 Å². The highest BCUT2D eigenvalue weighted by atomic mass is 16.5. The summed E-state index contributed by atoms with van der Waals surface area (Å²) < 4.78 is 10.2. The Hall–Kier alpha value is -3.16. The molecule has 1 atom stereocenters. The van der Waals surface area contributed by atoms with Crippen LogP contribution in [0.2, 0.25) is 0 Å². The number of esters is 2. The molecule has 0 bridgehead atoms. The number of aromatic amines is 1. The summed E-state index contributed by atoms with van der Waals surface area (Å²) in [5, 5.41) is 0. The van der Waals surface area contributed by atoms with E-state index in [9.17, 15) is 14.4 Å². The van der Waals surface area contributed by atoms with Crippen LogP contribution in [0.15, 0.2) is 24.3 Å². The molecule has 1 aromatic heterocycles. The number of aryl methyl sites for hydroxylation is 2. The molecular formula is C22H27N3O5. The van der Waals surface area contributed by atoms with Crippen LogP contribution in [0, 0.1) is 19.8 Å². The number of nitrogens with one attached hydrogen (secondary N) is 1. The number of hydrogen-bond acceptors (Lipinski definition) is 6. The maximum absolute atomic E-state index is 12.4. The fourth-order valence-corrected chi connectivity index (χ4v) is 3.41. The van der Waals surface area contributed by atoms with Gasteiger partial charge in [0.05, 0.1) is 23.8 Å². The number of carbonyl (C=O) groups excluding carboxylic acids is 3. The van der Waals surface area contributed by atoms with E-state index in [1.807, 2.05) is 13.8 Å². The summed E-state index contributed by atoms with van der Waals surface area (Å²) in [7, 11) is 0. The summed E-state index contributed by atoms with van der Waals surface area (Å²) in [5.74, 6) is -0.744. The van der Waals surface area contributed by atoms with Gasteiger partial charge in [0.15, 0.2) is 6.61 Å². The lowest BCUT2D eigenvalue weighted by atomic mass is 9.98. The van der Waals surface area contributed by atoms with Crippen LogP contribution in [0.5, 0.6) is 0 Å². The highest BCUT2D eigenvalue weighted by molar-refractivity contribution is 5.91. The molecule has 160 valence electrons. The first-order chi connectivity index (χ1) is 14.4. The molecule has 0 radical (unpaired) electrons. The van der Waals surface area contributed by atoms with Crippen LogP contribution in [0.1, 0.15) is 41.5 Å². The maximum atomic E-state index is 12.4. The van der Waals surface area contributed by atoms with Crippen molar-refractivity contribution in [1.29, 1.82) is 0 Å². The number of rotatable bonds is 6. The summed E-state index contributed by atoms with van der Waals surface area (Å²) in [6.45, 7) is 6.44. The van der Waals surface area contributed by atoms with Crippen LogP contribution in [-0.4, -0.2) is 59.0 Å². The highest BCUT2D eigenvalue weighted by Gasteiger charge is 2.29. The van der Waals surface area contributed by atoms with Crippen molar-refractivity contribution in [2.75, 3.05) is 26.3 Å². The van der Waals surface area contributed by atoms with E-state index in [0.717, 1.165) is 29.2 Å². The molecule has 2 heterocycles. The van der Waals surface area contributed by atoms with E-state index in [2.05, 4.69) is 9.97 Å². The van der Waals surface area contributed by atoms with Gasteiger partial charge in [-0.3, -0.25) is 9.59 Å². The molecule has 1 aliphatic heterocycles. The van der Waals surface area contributed by atoms with Gasteiger partial charge in [0.2, 0.25) is 0 Å². The Bertz CT molecular complexity index is 900. The average Bonchev–Trinajstić information content (AvgIpc) is 3.10. The molecule has 1 aliphatic rings. The predicted octanol–water partition coefficient (Wildman–Crippen LogP) is 2.65. The second kappa shape index (κ2) is 9.56. The largest absolute Gasteiger partial charge is 0.466 e. The molecule has 1 aromatic carbocycles. The zero-order chi connectivity index (χ0) is 21.7. The third-order valence-electron chi connectivity index (χ3n) is 5.24. The number of hydrogen-bond donors (Lipinski definition) is 1. The fourth-order valence-electron chi connectivity index (χ4n) is 3.41. The Kier molecular flexibility index (Phi) is 6.87. The van der Waals surface area contributed by atoms with Gasteiger partial charge in [0.25, 0.3) is 5.91 Å². The van der Waals surface area contributed by atoms with Crippen molar-refractivity contribution in [3.63, 3.8) is 0 Å². The predicted molar refractivity (Wildman–Crippen MR) is 110 cm³/mol. The first-order valence-corrected chi connectivity index (χ1v) is 10.1. The number of aromatic nitrogens is 2. The molecule has 1 unspecified atom stereocenters. The minimum absolute atomic E-state index is 0.283. The average molecular weight is 413 g/mol. The highest BCUT2D eigenvalue weighted by Crippen LogP contribution is 2.20. The van der Waals surface area contributed by atoms with E-state index in [1.54, 1.807) is 36.1 Å². The summed E-state index contributed by atoms with van der Waals surface area (Å²) in [6.07, 6.45) is 1.42. The second-order valence-corrected chi connectivity index (χ2v) is 7.38. The molecule has 0 aliphatic carbocycles. The van der Waals surface area contributed by atoms with E-state index in [1.165, 1.54) is 0 Å². The quantitative estimate of drug-likeness (QED) is 0.731. The molecular weight excluding hydrogens is 386 g/mol. The monoisotopic (exact) mass is 413 g/mol. The van der Waals surface area contributed by atoms with Gasteiger partial charge in [0.1, 0.15) is 5.82 Å². The van der Waals surface area contributed by atoms with Crippen molar-refractivity contribution >= 4 is 17.8 Å². The van der Waals surface area contributed by atoms with E-state index in [-0.39, 0.29) is 24.4 Å². The van der Waals surface area contributed by atoms with Gasteiger partial charge in [-0.05, 0) is 45.7 Å². The molecule has 0 saturated carbocycles. The molecule has 1 N–H and O–H groups in total. The number of nitrogens with zero attached hydrogens (tertiary/aromatic N) is 2. The van der Waals surface area contributed by atoms with E-state index < -0.39 is 5.97 Å². The number of H-pyrrole nitrogens is 1. The molecule has 1 fully saturated rings. The third kappa shape index (κ3) is 5.06. The minimum atomic E-state index is -0.569. The van der Waals surface area contributed by atoms with Crippen LogP contribution in [0.3, 0.4) is 0 Å². The number of piperidine rings is 1. The minimum Gasteiger partial charge on any atom is -0.466 e. The molecule has 2 aromatic rings. The number of ether oxygens (including phenoxy) is 2. The van der Waals surface area contributed by atoms with Crippen LogP contribution >= 0.6 is 0 Å². The van der Waals surface area contributed by atoms with Crippen molar-refractivity contribution in [3.05, 3.63) is 41.2 Å². The van der Waals surface area contributed by atoms with Crippen LogP contribution in [0.4, 0.5) is 0 Å². The molecule has 8 heteroatoms. The van der Waals surface area contributed by atoms with Crippen molar-refractivity contribution in [1.82, 2.24) is 14.9 Å². The molecule has 3 rings (SSSR count).